The number of hydrogen-bond acceptors (Lipinski definition) is 4. The Labute approximate surface area is 201 Å². The van der Waals surface area contributed by atoms with Gasteiger partial charge in [-0.1, -0.05) is 40.5 Å². The van der Waals surface area contributed by atoms with Gasteiger partial charge in [0.2, 0.25) is 0 Å². The summed E-state index contributed by atoms with van der Waals surface area (Å²) in [5.74, 6) is -3.02. The average molecular weight is 456 g/mol. The Hall–Kier alpha value is -0.650. The minimum Gasteiger partial charge on any atom is -0.481 e. The zero-order chi connectivity index (χ0) is 27.7. The summed E-state index contributed by atoms with van der Waals surface area (Å²) in [4.78, 5) is 11.6. The lowest BCUT2D eigenvalue weighted by Crippen LogP contribution is -2.62. The van der Waals surface area contributed by atoms with Crippen LogP contribution in [-0.4, -0.2) is 44.7 Å². The molecule has 0 aromatic rings. The average Bonchev–Trinajstić information content (AvgIpc) is 3.11. The van der Waals surface area contributed by atoms with Crippen LogP contribution >= 0.6 is 0 Å². The molecule has 0 amide bonds. The molecule has 0 aromatic heterocycles. The van der Waals surface area contributed by atoms with Crippen molar-refractivity contribution in [2.75, 3.05) is 0 Å². The minimum atomic E-state index is -2.93. The van der Waals surface area contributed by atoms with Gasteiger partial charge in [-0.25, -0.2) is 0 Å². The highest BCUT2D eigenvalue weighted by Crippen LogP contribution is 2.68. The van der Waals surface area contributed by atoms with Gasteiger partial charge in [0.15, 0.2) is 0 Å². The van der Waals surface area contributed by atoms with Crippen LogP contribution in [0.4, 0.5) is 0 Å². The maximum Gasteiger partial charge on any atom is 0.306 e. The molecule has 4 aliphatic carbocycles. The minimum absolute atomic E-state index is 0.00764. The Morgan fingerprint density at radius 2 is 1.88 bits per heavy atom. The van der Waals surface area contributed by atoms with Gasteiger partial charge in [-0.05, 0) is 97.7 Å². The summed E-state index contributed by atoms with van der Waals surface area (Å²) in [5.41, 5.74) is -0.450. The molecule has 32 heavy (non-hydrogen) atoms. The second-order valence-corrected chi connectivity index (χ2v) is 12.0. The maximum atomic E-state index is 11.7. The van der Waals surface area contributed by atoms with E-state index in [4.69, 9.17) is 6.85 Å². The third-order valence-electron chi connectivity index (χ3n) is 10.7. The van der Waals surface area contributed by atoms with E-state index in [0.717, 1.165) is 25.7 Å². The van der Waals surface area contributed by atoms with E-state index in [9.17, 15) is 25.2 Å². The number of fused-ring (bicyclic) bond motifs is 5. The molecular weight excluding hydrogens is 404 g/mol. The van der Waals surface area contributed by atoms with Crippen molar-refractivity contribution in [3.8, 4) is 0 Å². The Bertz CT molecular complexity index is 867. The van der Waals surface area contributed by atoms with Gasteiger partial charge >= 0.3 is 5.97 Å². The summed E-state index contributed by atoms with van der Waals surface area (Å²) >= 11 is 0. The number of carboxylic acids is 1. The summed E-state index contributed by atoms with van der Waals surface area (Å²) in [6.07, 6.45) is 1.84. The lowest BCUT2D eigenvalue weighted by atomic mass is 9.43. The van der Waals surface area contributed by atoms with Crippen molar-refractivity contribution in [1.82, 2.24) is 0 Å². The fourth-order valence-corrected chi connectivity index (χ4v) is 8.88. The van der Waals surface area contributed by atoms with Crippen molar-refractivity contribution >= 4 is 5.97 Å². The van der Waals surface area contributed by atoms with E-state index in [2.05, 4.69) is 13.8 Å². The highest BCUT2D eigenvalue weighted by atomic mass is 16.4. The SMILES string of the molecule is [2H]C([2H])([2H])C(C(=O)O)C([2H])([2H])CC[C@@H](C)[C@H]1CC[C@H]2[C@@H]3[C@H](O)C[C@@H]4C[C@H](O)CC[C@]4(C)[C@H]3C[C@H](O)[C@]12C. The lowest BCUT2D eigenvalue weighted by molar-refractivity contribution is -0.207. The van der Waals surface area contributed by atoms with Gasteiger partial charge in [-0.3, -0.25) is 4.79 Å². The first kappa shape index (κ1) is 18.6. The Kier molecular flexibility index (Phi) is 5.16. The molecule has 5 heteroatoms. The summed E-state index contributed by atoms with van der Waals surface area (Å²) in [7, 11) is 0. The molecule has 4 rings (SSSR count). The topological polar surface area (TPSA) is 98.0 Å². The molecule has 0 radical (unpaired) electrons. The zero-order valence-electron chi connectivity index (χ0n) is 24.8. The van der Waals surface area contributed by atoms with Crippen LogP contribution < -0.4 is 0 Å². The quantitative estimate of drug-likeness (QED) is 0.473. The summed E-state index contributed by atoms with van der Waals surface area (Å²) in [6.45, 7) is 3.49. The summed E-state index contributed by atoms with van der Waals surface area (Å²) < 4.78 is 39.2. The monoisotopic (exact) mass is 455 g/mol. The number of rotatable bonds is 6. The van der Waals surface area contributed by atoms with Crippen LogP contribution in [0, 0.1) is 52.3 Å². The zero-order valence-corrected chi connectivity index (χ0v) is 19.8. The van der Waals surface area contributed by atoms with Crippen molar-refractivity contribution < 1.29 is 32.1 Å². The van der Waals surface area contributed by atoms with Crippen molar-refractivity contribution in [3.63, 3.8) is 0 Å². The van der Waals surface area contributed by atoms with Crippen molar-refractivity contribution in [3.05, 3.63) is 0 Å². The largest absolute Gasteiger partial charge is 0.481 e. The van der Waals surface area contributed by atoms with Crippen LogP contribution in [-0.2, 0) is 4.79 Å². The number of carboxylic acid groups (broad SMARTS) is 1. The van der Waals surface area contributed by atoms with Crippen LogP contribution in [0.5, 0.6) is 0 Å². The molecule has 5 nitrogen and oxygen atoms in total. The van der Waals surface area contributed by atoms with Crippen LogP contribution in [0.25, 0.3) is 0 Å². The van der Waals surface area contributed by atoms with Crippen LogP contribution in [0.3, 0.4) is 0 Å². The normalized spacial score (nSPS) is 53.2. The predicted molar refractivity (Wildman–Crippen MR) is 124 cm³/mol. The van der Waals surface area contributed by atoms with E-state index < -0.39 is 42.7 Å². The van der Waals surface area contributed by atoms with Crippen LogP contribution in [0.15, 0.2) is 0 Å². The lowest BCUT2D eigenvalue weighted by Gasteiger charge is -2.63. The van der Waals surface area contributed by atoms with Gasteiger partial charge in [0.25, 0.3) is 0 Å². The van der Waals surface area contributed by atoms with Crippen LogP contribution in [0.2, 0.25) is 0 Å². The second-order valence-electron chi connectivity index (χ2n) is 12.0. The molecule has 0 aliphatic heterocycles. The first-order valence-electron chi connectivity index (χ1n) is 15.2. The number of hydrogen-bond donors (Lipinski definition) is 4. The fourth-order valence-electron chi connectivity index (χ4n) is 8.88. The standard InChI is InChI=1S/C27H46O5/c1-15(6-5-7-16(2)25(31)32)19-8-9-20-24-21(14-23(30)27(19,20)4)26(3)11-10-18(28)12-17(26)13-22(24)29/h15-24,28-30H,5-14H2,1-4H3,(H,31,32)/t15-,16?,17+,18-,19-,20+,21+,22-,23+,24+,26+,27-/m1/s1/i2D3,7D2. The number of aliphatic hydroxyl groups excluding tert-OH is 3. The molecule has 0 spiro atoms. The van der Waals surface area contributed by atoms with Crippen LogP contribution in [0.1, 0.15) is 98.6 Å². The van der Waals surface area contributed by atoms with Gasteiger partial charge in [0.1, 0.15) is 0 Å². The van der Waals surface area contributed by atoms with E-state index in [1.807, 2.05) is 6.92 Å². The van der Waals surface area contributed by atoms with E-state index >= 15 is 0 Å². The van der Waals surface area contributed by atoms with E-state index in [1.54, 1.807) is 0 Å². The van der Waals surface area contributed by atoms with Gasteiger partial charge in [0.05, 0.1) is 24.2 Å². The molecular formula is C27H46O5. The van der Waals surface area contributed by atoms with Gasteiger partial charge in [-0.15, -0.1) is 0 Å². The molecule has 0 heterocycles. The molecule has 1 unspecified atom stereocenters. The highest BCUT2D eigenvalue weighted by Gasteiger charge is 2.65. The highest BCUT2D eigenvalue weighted by molar-refractivity contribution is 5.69. The molecule has 0 bridgehead atoms. The molecule has 4 aliphatic rings. The first-order chi connectivity index (χ1) is 16.9. The number of aliphatic hydroxyl groups is 3. The van der Waals surface area contributed by atoms with Gasteiger partial charge in [0, 0.05) is 6.85 Å². The molecule has 0 saturated heterocycles. The van der Waals surface area contributed by atoms with E-state index in [1.165, 1.54) is 0 Å². The van der Waals surface area contributed by atoms with E-state index in [-0.39, 0.29) is 53.4 Å². The molecule has 0 aromatic carbocycles. The number of aliphatic carboxylic acids is 1. The predicted octanol–water partition coefficient (Wildman–Crippen LogP) is 4.47. The van der Waals surface area contributed by atoms with E-state index in [0.29, 0.717) is 25.7 Å². The van der Waals surface area contributed by atoms with Crippen molar-refractivity contribution in [1.29, 1.82) is 0 Å². The van der Waals surface area contributed by atoms with Gasteiger partial charge < -0.3 is 20.4 Å². The second kappa shape index (κ2) is 8.85. The summed E-state index contributed by atoms with van der Waals surface area (Å²) in [6, 6.07) is 0. The third-order valence-corrected chi connectivity index (χ3v) is 10.7. The first-order valence-corrected chi connectivity index (χ1v) is 12.7. The molecule has 4 fully saturated rings. The van der Waals surface area contributed by atoms with Gasteiger partial charge in [-0.2, -0.15) is 0 Å². The molecule has 12 atom stereocenters. The third kappa shape index (κ3) is 3.84. The molecule has 4 N–H and O–H groups in total. The smallest absolute Gasteiger partial charge is 0.306 e. The Morgan fingerprint density at radius 3 is 2.56 bits per heavy atom. The Balaban J connectivity index is 1.52. The number of carbonyl (C=O) groups is 1. The van der Waals surface area contributed by atoms with Crippen molar-refractivity contribution in [2.24, 2.45) is 52.3 Å². The Morgan fingerprint density at radius 1 is 1.12 bits per heavy atom. The fraction of sp³-hybridized carbons (Fsp3) is 0.963. The summed E-state index contributed by atoms with van der Waals surface area (Å²) in [5, 5.41) is 42.8. The molecule has 4 saturated carbocycles. The molecule has 184 valence electrons. The maximum absolute atomic E-state index is 11.7. The van der Waals surface area contributed by atoms with Crippen molar-refractivity contribution in [2.45, 2.75) is 110 Å².